The van der Waals surface area contributed by atoms with Gasteiger partial charge in [0.1, 0.15) is 5.82 Å². The van der Waals surface area contributed by atoms with Gasteiger partial charge in [-0.25, -0.2) is 9.37 Å². The fourth-order valence-electron chi connectivity index (χ4n) is 3.25. The Kier molecular flexibility index (Phi) is 4.92. The zero-order valence-electron chi connectivity index (χ0n) is 15.2. The second-order valence-electron chi connectivity index (χ2n) is 6.49. The molecule has 0 radical (unpaired) electrons. The number of aromatic nitrogens is 1. The Bertz CT molecular complexity index is 1050. The third-order valence-electron chi connectivity index (χ3n) is 4.71. The van der Waals surface area contributed by atoms with Gasteiger partial charge in [0.2, 0.25) is 5.91 Å². The fourth-order valence-corrected chi connectivity index (χ4v) is 3.96. The van der Waals surface area contributed by atoms with Crippen LogP contribution in [-0.4, -0.2) is 23.3 Å². The van der Waals surface area contributed by atoms with Crippen LogP contribution in [0.2, 0.25) is 0 Å². The van der Waals surface area contributed by atoms with Crippen LogP contribution < -0.4 is 10.2 Å². The number of fused-ring (bicyclic) bond motifs is 1. The molecule has 0 spiro atoms. The van der Waals surface area contributed by atoms with Crippen molar-refractivity contribution in [1.29, 1.82) is 0 Å². The van der Waals surface area contributed by atoms with Gasteiger partial charge in [0, 0.05) is 35.2 Å². The minimum Gasteiger partial charge on any atom is -0.312 e. The van der Waals surface area contributed by atoms with Crippen LogP contribution in [0, 0.1) is 5.82 Å². The number of hydrogen-bond donors (Lipinski definition) is 1. The van der Waals surface area contributed by atoms with E-state index in [1.165, 1.54) is 35.6 Å². The molecule has 2 aromatic carbocycles. The lowest BCUT2D eigenvalue weighted by molar-refractivity contribution is -0.118. The van der Waals surface area contributed by atoms with E-state index in [-0.39, 0.29) is 17.6 Å². The topological polar surface area (TPSA) is 62.3 Å². The number of rotatable bonds is 4. The maximum absolute atomic E-state index is 13.0. The van der Waals surface area contributed by atoms with Gasteiger partial charge in [0.15, 0.2) is 5.13 Å². The highest BCUT2D eigenvalue weighted by Gasteiger charge is 2.24. The van der Waals surface area contributed by atoms with Crippen LogP contribution >= 0.6 is 11.3 Å². The zero-order valence-corrected chi connectivity index (χ0v) is 16.1. The zero-order chi connectivity index (χ0) is 19.7. The molecule has 5 nitrogen and oxygen atoms in total. The first-order chi connectivity index (χ1) is 13.5. The third-order valence-corrected chi connectivity index (χ3v) is 5.46. The van der Waals surface area contributed by atoms with Gasteiger partial charge in [-0.2, -0.15) is 0 Å². The lowest BCUT2D eigenvalue weighted by Crippen LogP contribution is -2.27. The Morgan fingerprint density at radius 2 is 2.00 bits per heavy atom. The van der Waals surface area contributed by atoms with Crippen molar-refractivity contribution in [3.8, 4) is 11.3 Å². The van der Waals surface area contributed by atoms with E-state index in [1.807, 2.05) is 29.3 Å². The molecule has 0 saturated heterocycles. The molecule has 0 atom stereocenters. The average molecular weight is 395 g/mol. The molecule has 4 rings (SSSR count). The highest BCUT2D eigenvalue weighted by molar-refractivity contribution is 7.14. The van der Waals surface area contributed by atoms with E-state index in [0.717, 1.165) is 28.9 Å². The number of nitrogens with zero attached hydrogens (tertiary/aromatic N) is 2. The number of carbonyl (C=O) groups is 2. The first-order valence-corrected chi connectivity index (χ1v) is 9.89. The van der Waals surface area contributed by atoms with Gasteiger partial charge in [-0.05, 0) is 48.4 Å². The number of nitrogens with one attached hydrogen (secondary N) is 1. The van der Waals surface area contributed by atoms with E-state index < -0.39 is 0 Å². The predicted molar refractivity (Wildman–Crippen MR) is 108 cm³/mol. The number of hydrogen-bond acceptors (Lipinski definition) is 4. The fraction of sp³-hybridized carbons (Fsp3) is 0.190. The van der Waals surface area contributed by atoms with Gasteiger partial charge >= 0.3 is 0 Å². The normalized spacial score (nSPS) is 12.7. The summed E-state index contributed by atoms with van der Waals surface area (Å²) in [6, 6.07) is 11.3. The minimum absolute atomic E-state index is 0.131. The van der Waals surface area contributed by atoms with Crippen LogP contribution in [0.3, 0.4) is 0 Å². The summed E-state index contributed by atoms with van der Waals surface area (Å²) < 4.78 is 13.0. The first-order valence-electron chi connectivity index (χ1n) is 9.01. The molecule has 1 aromatic heterocycles. The molecule has 0 unspecified atom stereocenters. The Morgan fingerprint density at radius 3 is 2.75 bits per heavy atom. The SMILES string of the molecule is CCC(=O)N1CCc2cc(-c3csc(NC(=O)c4ccc(F)cc4)n3)ccc21. The summed E-state index contributed by atoms with van der Waals surface area (Å²) >= 11 is 1.33. The maximum atomic E-state index is 13.0. The van der Waals surface area contributed by atoms with Gasteiger partial charge in [-0.1, -0.05) is 13.0 Å². The summed E-state index contributed by atoms with van der Waals surface area (Å²) in [4.78, 5) is 30.6. The Labute approximate surface area is 165 Å². The van der Waals surface area contributed by atoms with E-state index in [0.29, 0.717) is 23.7 Å². The minimum atomic E-state index is -0.385. The van der Waals surface area contributed by atoms with Crippen LogP contribution in [0.25, 0.3) is 11.3 Å². The number of benzene rings is 2. The monoisotopic (exact) mass is 395 g/mol. The lowest BCUT2D eigenvalue weighted by atomic mass is 10.1. The second-order valence-corrected chi connectivity index (χ2v) is 7.35. The Balaban J connectivity index is 1.51. The van der Waals surface area contributed by atoms with Crippen LogP contribution in [0.4, 0.5) is 15.2 Å². The van der Waals surface area contributed by atoms with Crippen molar-refractivity contribution in [2.45, 2.75) is 19.8 Å². The number of amides is 2. The van der Waals surface area contributed by atoms with Crippen molar-refractivity contribution in [3.05, 3.63) is 64.8 Å². The molecule has 1 N–H and O–H groups in total. The smallest absolute Gasteiger partial charge is 0.257 e. The van der Waals surface area contributed by atoms with Gasteiger partial charge in [0.25, 0.3) is 5.91 Å². The van der Waals surface area contributed by atoms with Gasteiger partial charge in [-0.15, -0.1) is 11.3 Å². The number of thiazole rings is 1. The van der Waals surface area contributed by atoms with Gasteiger partial charge in [0.05, 0.1) is 5.69 Å². The number of anilines is 2. The van der Waals surface area contributed by atoms with Crippen molar-refractivity contribution in [2.75, 3.05) is 16.8 Å². The van der Waals surface area contributed by atoms with Crippen LogP contribution in [0.1, 0.15) is 29.3 Å². The summed E-state index contributed by atoms with van der Waals surface area (Å²) in [7, 11) is 0. The lowest BCUT2D eigenvalue weighted by Gasteiger charge is -2.16. The molecule has 28 heavy (non-hydrogen) atoms. The molecule has 1 aliphatic heterocycles. The van der Waals surface area contributed by atoms with Crippen LogP contribution in [0.5, 0.6) is 0 Å². The molecule has 0 bridgehead atoms. The molecular weight excluding hydrogens is 377 g/mol. The van der Waals surface area contributed by atoms with E-state index in [2.05, 4.69) is 16.4 Å². The summed E-state index contributed by atoms with van der Waals surface area (Å²) in [6.07, 6.45) is 1.32. The van der Waals surface area contributed by atoms with Crippen molar-refractivity contribution in [2.24, 2.45) is 0 Å². The maximum Gasteiger partial charge on any atom is 0.257 e. The number of halogens is 1. The van der Waals surface area contributed by atoms with Crippen molar-refractivity contribution in [1.82, 2.24) is 4.98 Å². The summed E-state index contributed by atoms with van der Waals surface area (Å²) in [6.45, 7) is 2.58. The van der Waals surface area contributed by atoms with Crippen LogP contribution in [0.15, 0.2) is 47.8 Å². The molecule has 3 aromatic rings. The second kappa shape index (κ2) is 7.52. The van der Waals surface area contributed by atoms with Gasteiger partial charge < -0.3 is 4.90 Å². The summed E-state index contributed by atoms with van der Waals surface area (Å²) in [5.41, 5.74) is 4.18. The Morgan fingerprint density at radius 1 is 1.21 bits per heavy atom. The summed E-state index contributed by atoms with van der Waals surface area (Å²) in [5.74, 6) is -0.585. The molecule has 0 fully saturated rings. The van der Waals surface area contributed by atoms with E-state index in [1.54, 1.807) is 0 Å². The van der Waals surface area contributed by atoms with Crippen molar-refractivity contribution < 1.29 is 14.0 Å². The first kappa shape index (κ1) is 18.3. The molecule has 7 heteroatoms. The van der Waals surface area contributed by atoms with E-state index in [4.69, 9.17) is 0 Å². The molecule has 0 aliphatic carbocycles. The van der Waals surface area contributed by atoms with Crippen LogP contribution in [-0.2, 0) is 11.2 Å². The van der Waals surface area contributed by atoms with Crippen molar-refractivity contribution in [3.63, 3.8) is 0 Å². The quantitative estimate of drug-likeness (QED) is 0.707. The highest BCUT2D eigenvalue weighted by Crippen LogP contribution is 2.33. The predicted octanol–water partition coefficient (Wildman–Crippen LogP) is 4.50. The average Bonchev–Trinajstić information content (AvgIpc) is 3.34. The standard InChI is InChI=1S/C21H18FN3O2S/c1-2-19(26)25-10-9-15-11-14(5-8-18(15)25)17-12-28-21(23-17)24-20(27)13-3-6-16(22)7-4-13/h3-8,11-12H,2,9-10H2,1H3,(H,23,24,27). The van der Waals surface area contributed by atoms with Gasteiger partial charge in [-0.3, -0.25) is 14.9 Å². The van der Waals surface area contributed by atoms with Crippen molar-refractivity contribution >= 4 is 34.0 Å². The molecule has 2 amide bonds. The molecule has 0 saturated carbocycles. The molecule has 142 valence electrons. The molecule has 2 heterocycles. The largest absolute Gasteiger partial charge is 0.312 e. The summed E-state index contributed by atoms with van der Waals surface area (Å²) in [5, 5.41) is 5.10. The highest BCUT2D eigenvalue weighted by atomic mass is 32.1. The number of carbonyl (C=O) groups excluding carboxylic acids is 2. The molecule has 1 aliphatic rings. The Hall–Kier alpha value is -3.06. The third kappa shape index (κ3) is 3.53. The molecular formula is C21H18FN3O2S. The van der Waals surface area contributed by atoms with E-state index >= 15 is 0 Å². The van der Waals surface area contributed by atoms with E-state index in [9.17, 15) is 14.0 Å².